The molecule has 2 aromatic rings. The number of hydrogen-bond donors (Lipinski definition) is 2. The van der Waals surface area contributed by atoms with E-state index in [0.29, 0.717) is 18.0 Å². The van der Waals surface area contributed by atoms with E-state index >= 15 is 0 Å². The van der Waals surface area contributed by atoms with Crippen LogP contribution >= 0.6 is 11.3 Å². The molecule has 0 atom stereocenters. The minimum absolute atomic E-state index is 0.389. The molecule has 0 bridgehead atoms. The maximum atomic E-state index is 11.0. The Kier molecular flexibility index (Phi) is 5.01. The topological polar surface area (TPSA) is 58.6 Å². The van der Waals surface area contributed by atoms with Gasteiger partial charge in [-0.3, -0.25) is 0 Å². The Morgan fingerprint density at radius 2 is 2.05 bits per heavy atom. The Hall–Kier alpha value is -2.01. The van der Waals surface area contributed by atoms with E-state index in [1.165, 1.54) is 11.3 Å². The van der Waals surface area contributed by atoms with Gasteiger partial charge in [0.05, 0.1) is 6.61 Å². The lowest BCUT2D eigenvalue weighted by atomic mass is 10.2. The maximum absolute atomic E-state index is 11.0. The number of hydrogen-bond acceptors (Lipinski definition) is 4. The summed E-state index contributed by atoms with van der Waals surface area (Å²) in [4.78, 5) is 11.4. The SMILES string of the molecule is CCCOc1ccc(NCc2ccsc2C(=O)O)cc1. The van der Waals surface area contributed by atoms with Crippen LogP contribution in [0.25, 0.3) is 0 Å². The summed E-state index contributed by atoms with van der Waals surface area (Å²) in [6.07, 6.45) is 0.982. The number of carbonyl (C=O) groups is 1. The van der Waals surface area contributed by atoms with Crippen LogP contribution in [0.1, 0.15) is 28.6 Å². The molecule has 0 spiro atoms. The third-order valence-electron chi connectivity index (χ3n) is 2.75. The van der Waals surface area contributed by atoms with Crippen molar-refractivity contribution in [2.45, 2.75) is 19.9 Å². The first-order valence-corrected chi connectivity index (χ1v) is 7.35. The quantitative estimate of drug-likeness (QED) is 0.813. The van der Waals surface area contributed by atoms with E-state index in [2.05, 4.69) is 12.2 Å². The summed E-state index contributed by atoms with van der Waals surface area (Å²) in [6.45, 7) is 3.28. The van der Waals surface area contributed by atoms with Gasteiger partial charge in [-0.05, 0) is 47.7 Å². The molecule has 1 aromatic carbocycles. The molecule has 106 valence electrons. The minimum atomic E-state index is -0.875. The van der Waals surface area contributed by atoms with Crippen LogP contribution in [0.5, 0.6) is 5.75 Å². The van der Waals surface area contributed by atoms with Crippen LogP contribution in [0.15, 0.2) is 35.7 Å². The predicted octanol–water partition coefficient (Wildman–Crippen LogP) is 3.85. The monoisotopic (exact) mass is 291 g/mol. The molecule has 0 aliphatic heterocycles. The Morgan fingerprint density at radius 1 is 1.30 bits per heavy atom. The lowest BCUT2D eigenvalue weighted by Crippen LogP contribution is -2.04. The fourth-order valence-electron chi connectivity index (χ4n) is 1.75. The van der Waals surface area contributed by atoms with Crippen LogP contribution in [0.2, 0.25) is 0 Å². The maximum Gasteiger partial charge on any atom is 0.346 e. The third-order valence-corrected chi connectivity index (χ3v) is 3.70. The lowest BCUT2D eigenvalue weighted by Gasteiger charge is -2.08. The molecule has 1 heterocycles. The predicted molar refractivity (Wildman–Crippen MR) is 80.8 cm³/mol. The first-order chi connectivity index (χ1) is 9.70. The number of anilines is 1. The number of aromatic carboxylic acids is 1. The van der Waals surface area contributed by atoms with E-state index in [4.69, 9.17) is 9.84 Å². The summed E-state index contributed by atoms with van der Waals surface area (Å²) >= 11 is 1.24. The Morgan fingerprint density at radius 3 is 2.70 bits per heavy atom. The summed E-state index contributed by atoms with van der Waals surface area (Å²) in [7, 11) is 0. The number of benzene rings is 1. The van der Waals surface area contributed by atoms with Crippen molar-refractivity contribution in [2.24, 2.45) is 0 Å². The van der Waals surface area contributed by atoms with Crippen molar-refractivity contribution in [2.75, 3.05) is 11.9 Å². The Bertz CT molecular complexity index is 563. The molecule has 4 nitrogen and oxygen atoms in total. The van der Waals surface area contributed by atoms with Gasteiger partial charge < -0.3 is 15.2 Å². The summed E-state index contributed by atoms with van der Waals surface area (Å²) in [5.41, 5.74) is 1.74. The average Bonchev–Trinajstić information content (AvgIpc) is 2.92. The van der Waals surface area contributed by atoms with Crippen molar-refractivity contribution in [1.82, 2.24) is 0 Å². The first kappa shape index (κ1) is 14.4. The van der Waals surface area contributed by atoms with Crippen molar-refractivity contribution in [3.05, 3.63) is 46.2 Å². The average molecular weight is 291 g/mol. The molecule has 0 aliphatic rings. The zero-order valence-corrected chi connectivity index (χ0v) is 12.1. The highest BCUT2D eigenvalue weighted by molar-refractivity contribution is 7.12. The normalized spacial score (nSPS) is 10.2. The molecule has 2 N–H and O–H groups in total. The smallest absolute Gasteiger partial charge is 0.346 e. The fraction of sp³-hybridized carbons (Fsp3) is 0.267. The van der Waals surface area contributed by atoms with Crippen molar-refractivity contribution < 1.29 is 14.6 Å². The van der Waals surface area contributed by atoms with Gasteiger partial charge >= 0.3 is 5.97 Å². The highest BCUT2D eigenvalue weighted by Gasteiger charge is 2.10. The molecular formula is C15H17NO3S. The fourth-order valence-corrected chi connectivity index (χ4v) is 2.51. The van der Waals surface area contributed by atoms with Gasteiger partial charge in [-0.2, -0.15) is 0 Å². The molecule has 0 radical (unpaired) electrons. The number of rotatable bonds is 7. The Balaban J connectivity index is 1.93. The van der Waals surface area contributed by atoms with Gasteiger partial charge in [0.25, 0.3) is 0 Å². The van der Waals surface area contributed by atoms with E-state index in [9.17, 15) is 4.79 Å². The largest absolute Gasteiger partial charge is 0.494 e. The van der Waals surface area contributed by atoms with E-state index in [1.807, 2.05) is 30.3 Å². The lowest BCUT2D eigenvalue weighted by molar-refractivity contribution is 0.0701. The second-order valence-electron chi connectivity index (χ2n) is 4.31. The van der Waals surface area contributed by atoms with Crippen molar-refractivity contribution in [3.63, 3.8) is 0 Å². The molecule has 5 heteroatoms. The van der Waals surface area contributed by atoms with Crippen LogP contribution in [0, 0.1) is 0 Å². The van der Waals surface area contributed by atoms with E-state index in [1.54, 1.807) is 5.38 Å². The first-order valence-electron chi connectivity index (χ1n) is 6.47. The van der Waals surface area contributed by atoms with Gasteiger partial charge in [0, 0.05) is 12.2 Å². The number of carboxylic acids is 1. The Labute approximate surface area is 122 Å². The van der Waals surface area contributed by atoms with Crippen LogP contribution in [-0.2, 0) is 6.54 Å². The molecule has 0 saturated heterocycles. The standard InChI is InChI=1S/C15H17NO3S/c1-2-8-19-13-5-3-12(4-6-13)16-10-11-7-9-20-14(11)15(17)18/h3-7,9,16H,2,8,10H2,1H3,(H,17,18). The highest BCUT2D eigenvalue weighted by atomic mass is 32.1. The zero-order chi connectivity index (χ0) is 14.4. The number of nitrogens with one attached hydrogen (secondary N) is 1. The van der Waals surface area contributed by atoms with Gasteiger partial charge in [-0.25, -0.2) is 4.79 Å². The minimum Gasteiger partial charge on any atom is -0.494 e. The van der Waals surface area contributed by atoms with Gasteiger partial charge in [0.2, 0.25) is 0 Å². The highest BCUT2D eigenvalue weighted by Crippen LogP contribution is 2.20. The van der Waals surface area contributed by atoms with Crippen molar-refractivity contribution in [1.29, 1.82) is 0 Å². The summed E-state index contributed by atoms with van der Waals surface area (Å²) < 4.78 is 5.51. The molecule has 0 unspecified atom stereocenters. The third kappa shape index (κ3) is 3.74. The molecular weight excluding hydrogens is 274 g/mol. The van der Waals surface area contributed by atoms with Gasteiger partial charge in [-0.1, -0.05) is 6.92 Å². The van der Waals surface area contributed by atoms with Gasteiger partial charge in [0.1, 0.15) is 10.6 Å². The number of ether oxygens (including phenoxy) is 1. The van der Waals surface area contributed by atoms with Crippen LogP contribution < -0.4 is 10.1 Å². The molecule has 0 saturated carbocycles. The van der Waals surface area contributed by atoms with E-state index in [0.717, 1.165) is 23.4 Å². The van der Waals surface area contributed by atoms with Gasteiger partial charge in [0.15, 0.2) is 0 Å². The molecule has 0 fully saturated rings. The molecule has 0 amide bonds. The second-order valence-corrected chi connectivity index (χ2v) is 5.22. The summed E-state index contributed by atoms with van der Waals surface area (Å²) in [5.74, 6) is -0.0285. The number of carboxylic acid groups (broad SMARTS) is 1. The summed E-state index contributed by atoms with van der Waals surface area (Å²) in [6, 6.07) is 9.50. The van der Waals surface area contributed by atoms with Crippen LogP contribution in [-0.4, -0.2) is 17.7 Å². The molecule has 1 aromatic heterocycles. The van der Waals surface area contributed by atoms with Gasteiger partial charge in [-0.15, -0.1) is 11.3 Å². The number of thiophene rings is 1. The molecule has 2 rings (SSSR count). The van der Waals surface area contributed by atoms with E-state index in [-0.39, 0.29) is 0 Å². The van der Waals surface area contributed by atoms with Crippen molar-refractivity contribution in [3.8, 4) is 5.75 Å². The van der Waals surface area contributed by atoms with E-state index < -0.39 is 5.97 Å². The second kappa shape index (κ2) is 6.96. The van der Waals surface area contributed by atoms with Crippen LogP contribution in [0.4, 0.5) is 5.69 Å². The molecule has 0 aliphatic carbocycles. The zero-order valence-electron chi connectivity index (χ0n) is 11.3. The summed E-state index contributed by atoms with van der Waals surface area (Å²) in [5, 5.41) is 14.0. The van der Waals surface area contributed by atoms with Crippen molar-refractivity contribution >= 4 is 23.0 Å². The molecule has 20 heavy (non-hydrogen) atoms. The van der Waals surface area contributed by atoms with Crippen LogP contribution in [0.3, 0.4) is 0 Å².